The van der Waals surface area contributed by atoms with Gasteiger partial charge in [-0.25, -0.2) is 4.68 Å². The molecule has 3 aromatic rings. The van der Waals surface area contributed by atoms with Gasteiger partial charge in [-0.15, -0.1) is 0 Å². The van der Waals surface area contributed by atoms with E-state index in [2.05, 4.69) is 11.2 Å². The quantitative estimate of drug-likeness (QED) is 0.673. The molecule has 0 fully saturated rings. The number of rotatable bonds is 1. The van der Waals surface area contributed by atoms with Gasteiger partial charge in [0, 0.05) is 11.1 Å². The molecule has 92 valence electrons. The molecule has 0 amide bonds. The van der Waals surface area contributed by atoms with Crippen molar-refractivity contribution < 1.29 is 0 Å². The summed E-state index contributed by atoms with van der Waals surface area (Å²) in [5.74, 6) is 0. The van der Waals surface area contributed by atoms with Crippen LogP contribution in [0.2, 0.25) is 0 Å². The normalized spacial score (nSPS) is 10.5. The molecule has 0 radical (unpaired) electrons. The Morgan fingerprint density at radius 2 is 2.05 bits per heavy atom. The molecule has 0 unspecified atom stereocenters. The van der Waals surface area contributed by atoms with E-state index in [4.69, 9.17) is 5.73 Å². The number of hydrogen-bond acceptors (Lipinski definition) is 3. The third kappa shape index (κ3) is 1.81. The first kappa shape index (κ1) is 11.3. The Morgan fingerprint density at radius 3 is 2.84 bits per heavy atom. The summed E-state index contributed by atoms with van der Waals surface area (Å²) >= 11 is 0. The van der Waals surface area contributed by atoms with Crippen molar-refractivity contribution in [3.05, 3.63) is 53.7 Å². The van der Waals surface area contributed by atoms with Crippen molar-refractivity contribution in [2.75, 3.05) is 5.73 Å². The van der Waals surface area contributed by atoms with Gasteiger partial charge in [0.1, 0.15) is 6.07 Å². The summed E-state index contributed by atoms with van der Waals surface area (Å²) in [4.78, 5) is 0. The molecule has 4 heteroatoms. The standard InChI is InChI=1S/C15H12N4/c1-10-2-3-11(8-16)14(6-10)19-15-7-13(17)5-4-12(15)9-18-19/h2-7,9H,17H2,1H3. The lowest BCUT2D eigenvalue weighted by molar-refractivity contribution is 0.906. The van der Waals surface area contributed by atoms with Crippen LogP contribution in [0.5, 0.6) is 0 Å². The molecule has 0 aliphatic heterocycles. The molecule has 0 saturated carbocycles. The lowest BCUT2D eigenvalue weighted by atomic mass is 10.1. The van der Waals surface area contributed by atoms with Crippen LogP contribution in [-0.4, -0.2) is 9.78 Å². The summed E-state index contributed by atoms with van der Waals surface area (Å²) in [5.41, 5.74) is 9.87. The molecule has 4 nitrogen and oxygen atoms in total. The van der Waals surface area contributed by atoms with Crippen molar-refractivity contribution in [1.29, 1.82) is 5.26 Å². The summed E-state index contributed by atoms with van der Waals surface area (Å²) in [6.45, 7) is 1.99. The van der Waals surface area contributed by atoms with Crippen LogP contribution in [0.1, 0.15) is 11.1 Å². The Hall–Kier alpha value is -2.80. The largest absolute Gasteiger partial charge is 0.399 e. The average Bonchev–Trinajstić information content (AvgIpc) is 2.81. The summed E-state index contributed by atoms with van der Waals surface area (Å²) in [6.07, 6.45) is 1.78. The predicted molar refractivity (Wildman–Crippen MR) is 74.9 cm³/mol. The predicted octanol–water partition coefficient (Wildman–Crippen LogP) is 2.79. The Labute approximate surface area is 110 Å². The van der Waals surface area contributed by atoms with Crippen molar-refractivity contribution in [3.63, 3.8) is 0 Å². The molecule has 0 atom stereocenters. The fraction of sp³-hybridized carbons (Fsp3) is 0.0667. The van der Waals surface area contributed by atoms with Gasteiger partial charge in [-0.1, -0.05) is 6.07 Å². The average molecular weight is 248 g/mol. The molecule has 1 aromatic heterocycles. The summed E-state index contributed by atoms with van der Waals surface area (Å²) in [7, 11) is 0. The first-order valence-corrected chi connectivity index (χ1v) is 5.93. The summed E-state index contributed by atoms with van der Waals surface area (Å²) in [6, 6.07) is 13.5. The van der Waals surface area contributed by atoms with Gasteiger partial charge in [0.05, 0.1) is 23.0 Å². The van der Waals surface area contributed by atoms with E-state index in [1.807, 2.05) is 43.3 Å². The van der Waals surface area contributed by atoms with E-state index < -0.39 is 0 Å². The lowest BCUT2D eigenvalue weighted by Crippen LogP contribution is -2.00. The smallest absolute Gasteiger partial charge is 0.101 e. The van der Waals surface area contributed by atoms with Gasteiger partial charge in [0.2, 0.25) is 0 Å². The molecule has 0 aliphatic rings. The molecule has 3 rings (SSSR count). The molecule has 0 saturated heterocycles. The number of anilines is 1. The lowest BCUT2D eigenvalue weighted by Gasteiger charge is -2.07. The van der Waals surface area contributed by atoms with Crippen LogP contribution < -0.4 is 5.73 Å². The molecule has 2 N–H and O–H groups in total. The van der Waals surface area contributed by atoms with Crippen molar-refractivity contribution in [1.82, 2.24) is 9.78 Å². The highest BCUT2D eigenvalue weighted by Crippen LogP contribution is 2.23. The fourth-order valence-electron chi connectivity index (χ4n) is 2.14. The third-order valence-corrected chi connectivity index (χ3v) is 3.10. The second-order valence-corrected chi connectivity index (χ2v) is 4.51. The van der Waals surface area contributed by atoms with Crippen molar-refractivity contribution in [3.8, 4) is 11.8 Å². The SMILES string of the molecule is Cc1ccc(C#N)c(-n2ncc3ccc(N)cc32)c1. The van der Waals surface area contributed by atoms with E-state index in [-0.39, 0.29) is 0 Å². The number of nitrogens with zero attached hydrogens (tertiary/aromatic N) is 3. The van der Waals surface area contributed by atoms with Crippen LogP contribution in [0.15, 0.2) is 42.6 Å². The molecule has 2 aromatic carbocycles. The van der Waals surface area contributed by atoms with Crippen molar-refractivity contribution >= 4 is 16.6 Å². The van der Waals surface area contributed by atoms with Crippen molar-refractivity contribution in [2.24, 2.45) is 0 Å². The Balaban J connectivity index is 2.33. The Morgan fingerprint density at radius 1 is 1.21 bits per heavy atom. The summed E-state index contributed by atoms with van der Waals surface area (Å²) < 4.78 is 1.76. The first-order chi connectivity index (χ1) is 9.19. The Kier molecular flexibility index (Phi) is 2.46. The van der Waals surface area contributed by atoms with Crippen molar-refractivity contribution in [2.45, 2.75) is 6.92 Å². The molecule has 19 heavy (non-hydrogen) atoms. The highest BCUT2D eigenvalue weighted by Gasteiger charge is 2.09. The third-order valence-electron chi connectivity index (χ3n) is 3.10. The number of nitrogens with two attached hydrogens (primary N) is 1. The van der Waals surface area contributed by atoms with E-state index in [1.165, 1.54) is 0 Å². The monoisotopic (exact) mass is 248 g/mol. The highest BCUT2D eigenvalue weighted by atomic mass is 15.3. The molecule has 0 aliphatic carbocycles. The van der Waals surface area contributed by atoms with Gasteiger partial charge in [-0.05, 0) is 42.8 Å². The van der Waals surface area contributed by atoms with Crippen LogP contribution in [0.4, 0.5) is 5.69 Å². The van der Waals surface area contributed by atoms with E-state index in [1.54, 1.807) is 10.9 Å². The van der Waals surface area contributed by atoms with Crippen LogP contribution in [0.3, 0.4) is 0 Å². The zero-order valence-electron chi connectivity index (χ0n) is 10.5. The number of fused-ring (bicyclic) bond motifs is 1. The molecule has 0 bridgehead atoms. The summed E-state index contributed by atoms with van der Waals surface area (Å²) in [5, 5.41) is 14.6. The highest BCUT2D eigenvalue weighted by molar-refractivity contribution is 5.83. The first-order valence-electron chi connectivity index (χ1n) is 5.93. The van der Waals surface area contributed by atoms with Gasteiger partial charge < -0.3 is 5.73 Å². The van der Waals surface area contributed by atoms with Crippen LogP contribution >= 0.6 is 0 Å². The zero-order valence-corrected chi connectivity index (χ0v) is 10.5. The van der Waals surface area contributed by atoms with E-state index in [0.29, 0.717) is 11.3 Å². The van der Waals surface area contributed by atoms with Gasteiger partial charge in [-0.3, -0.25) is 0 Å². The number of nitriles is 1. The van der Waals surface area contributed by atoms with Crippen LogP contribution in [-0.2, 0) is 0 Å². The zero-order chi connectivity index (χ0) is 13.4. The van der Waals surface area contributed by atoms with Gasteiger partial charge in [0.15, 0.2) is 0 Å². The number of aromatic nitrogens is 2. The molecular weight excluding hydrogens is 236 g/mol. The minimum Gasteiger partial charge on any atom is -0.399 e. The maximum Gasteiger partial charge on any atom is 0.101 e. The van der Waals surface area contributed by atoms with Crippen LogP contribution in [0, 0.1) is 18.3 Å². The van der Waals surface area contributed by atoms with Gasteiger partial charge >= 0.3 is 0 Å². The van der Waals surface area contributed by atoms with Gasteiger partial charge in [-0.2, -0.15) is 10.4 Å². The van der Waals surface area contributed by atoms with Crippen LogP contribution in [0.25, 0.3) is 16.6 Å². The number of aryl methyl sites for hydroxylation is 1. The minimum absolute atomic E-state index is 0.595. The minimum atomic E-state index is 0.595. The second-order valence-electron chi connectivity index (χ2n) is 4.51. The van der Waals surface area contributed by atoms with E-state index in [9.17, 15) is 5.26 Å². The second kappa shape index (κ2) is 4.14. The topological polar surface area (TPSA) is 67.6 Å². The van der Waals surface area contributed by atoms with Gasteiger partial charge in [0.25, 0.3) is 0 Å². The maximum absolute atomic E-state index is 9.22. The van der Waals surface area contributed by atoms with E-state index >= 15 is 0 Å². The number of benzene rings is 2. The number of hydrogen-bond donors (Lipinski definition) is 1. The molecule has 1 heterocycles. The number of nitrogen functional groups attached to an aromatic ring is 1. The molecule has 0 spiro atoms. The Bertz CT molecular complexity index is 809. The maximum atomic E-state index is 9.22. The fourth-order valence-corrected chi connectivity index (χ4v) is 2.14. The van der Waals surface area contributed by atoms with E-state index in [0.717, 1.165) is 22.2 Å². The molecular formula is C15H12N4.